The molecule has 0 amide bonds. The molecule has 1 aromatic carbocycles. The van der Waals surface area contributed by atoms with E-state index in [1.807, 2.05) is 22.6 Å². The maximum Gasteiger partial charge on any atom is 0.322 e. The number of hydrogen-bond donors (Lipinski definition) is 1. The van der Waals surface area contributed by atoms with E-state index in [-0.39, 0.29) is 0 Å². The second-order valence-corrected chi connectivity index (χ2v) is 8.56. The van der Waals surface area contributed by atoms with Crippen LogP contribution in [0.1, 0.15) is 41.9 Å². The van der Waals surface area contributed by atoms with Gasteiger partial charge in [0.15, 0.2) is 0 Å². The highest BCUT2D eigenvalue weighted by molar-refractivity contribution is 7.15. The number of carboxylic acids is 1. The number of aryl methyl sites for hydroxylation is 1. The zero-order valence-corrected chi connectivity index (χ0v) is 17.0. The van der Waals surface area contributed by atoms with Gasteiger partial charge in [-0.15, -0.1) is 21.5 Å². The maximum atomic E-state index is 11.8. The van der Waals surface area contributed by atoms with Crippen LogP contribution in [0.5, 0.6) is 0 Å². The first kappa shape index (κ1) is 18.8. The van der Waals surface area contributed by atoms with E-state index in [0.717, 1.165) is 27.1 Å². The Morgan fingerprint density at radius 2 is 2.04 bits per heavy atom. The van der Waals surface area contributed by atoms with Crippen molar-refractivity contribution in [1.82, 2.24) is 24.6 Å². The van der Waals surface area contributed by atoms with Gasteiger partial charge in [0.05, 0.1) is 13.1 Å². The van der Waals surface area contributed by atoms with Gasteiger partial charge in [-0.25, -0.2) is 4.98 Å². The average Bonchev–Trinajstić information content (AvgIpc) is 3.28. The summed E-state index contributed by atoms with van der Waals surface area (Å²) in [7, 11) is 0. The van der Waals surface area contributed by atoms with Crippen molar-refractivity contribution in [2.24, 2.45) is 0 Å². The predicted molar refractivity (Wildman–Crippen MR) is 107 cm³/mol. The molecule has 0 aliphatic carbocycles. The van der Waals surface area contributed by atoms with Crippen LogP contribution in [0.2, 0.25) is 0 Å². The summed E-state index contributed by atoms with van der Waals surface area (Å²) in [6, 6.07) is 7.88. The molecule has 1 atom stereocenters. The van der Waals surface area contributed by atoms with Gasteiger partial charge in [-0.3, -0.25) is 9.69 Å². The molecule has 28 heavy (non-hydrogen) atoms. The third-order valence-corrected chi connectivity index (χ3v) is 6.21. The molecule has 0 radical (unpaired) electrons. The van der Waals surface area contributed by atoms with Gasteiger partial charge in [0.1, 0.15) is 22.7 Å². The van der Waals surface area contributed by atoms with Crippen molar-refractivity contribution in [2.45, 2.75) is 52.4 Å². The summed E-state index contributed by atoms with van der Waals surface area (Å²) in [5, 5.41) is 18.9. The van der Waals surface area contributed by atoms with E-state index >= 15 is 0 Å². The number of carboxylic acid groups (broad SMARTS) is 1. The molecule has 2 aromatic heterocycles. The van der Waals surface area contributed by atoms with Crippen molar-refractivity contribution in [3.05, 3.63) is 52.6 Å². The molecule has 0 saturated heterocycles. The molecule has 8 heteroatoms. The van der Waals surface area contributed by atoms with Gasteiger partial charge in [0, 0.05) is 23.2 Å². The summed E-state index contributed by atoms with van der Waals surface area (Å²) in [5.74, 6) is 1.24. The lowest BCUT2D eigenvalue weighted by molar-refractivity contribution is -0.145. The Hall–Kier alpha value is -2.58. The zero-order chi connectivity index (χ0) is 19.8. The number of rotatable bonds is 5. The lowest BCUT2D eigenvalue weighted by Crippen LogP contribution is -2.47. The first-order chi connectivity index (χ1) is 13.4. The fraction of sp³-hybridized carbons (Fsp3) is 0.400. The Labute approximate surface area is 167 Å². The molecule has 0 saturated carbocycles. The molecule has 1 aliphatic rings. The van der Waals surface area contributed by atoms with Crippen LogP contribution in [-0.2, 0) is 24.4 Å². The number of aromatic nitrogens is 4. The zero-order valence-electron chi connectivity index (χ0n) is 16.2. The third kappa shape index (κ3) is 3.57. The number of thiazole rings is 1. The average molecular weight is 398 g/mol. The molecule has 1 unspecified atom stereocenters. The highest BCUT2D eigenvalue weighted by atomic mass is 32.1. The molecular weight excluding hydrogens is 374 g/mol. The SMILES string of the molecule is Cc1nnc2n1CC(C(=O)O)N(Cc1cnc(-c3ccc(C(C)C)cc3)s1)C2. The Morgan fingerprint density at radius 3 is 2.71 bits per heavy atom. The van der Waals surface area contributed by atoms with E-state index < -0.39 is 12.0 Å². The van der Waals surface area contributed by atoms with Gasteiger partial charge in [-0.1, -0.05) is 38.1 Å². The summed E-state index contributed by atoms with van der Waals surface area (Å²) in [6.07, 6.45) is 1.85. The monoisotopic (exact) mass is 397 g/mol. The van der Waals surface area contributed by atoms with Gasteiger partial charge in [-0.2, -0.15) is 0 Å². The molecular formula is C20H23N5O2S. The van der Waals surface area contributed by atoms with E-state index in [1.54, 1.807) is 11.3 Å². The van der Waals surface area contributed by atoms with Crippen molar-refractivity contribution in [2.75, 3.05) is 0 Å². The Kier molecular flexibility index (Phi) is 4.99. The van der Waals surface area contributed by atoms with Crippen molar-refractivity contribution in [3.63, 3.8) is 0 Å². The van der Waals surface area contributed by atoms with Crippen molar-refractivity contribution in [1.29, 1.82) is 0 Å². The highest BCUT2D eigenvalue weighted by Crippen LogP contribution is 2.29. The molecule has 0 fully saturated rings. The minimum Gasteiger partial charge on any atom is -0.480 e. The van der Waals surface area contributed by atoms with Crippen LogP contribution in [0.3, 0.4) is 0 Å². The molecule has 1 N–H and O–H groups in total. The van der Waals surface area contributed by atoms with E-state index in [1.165, 1.54) is 5.56 Å². The van der Waals surface area contributed by atoms with Crippen LogP contribution in [0.15, 0.2) is 30.5 Å². The van der Waals surface area contributed by atoms with Crippen LogP contribution in [0.25, 0.3) is 10.6 Å². The molecule has 1 aliphatic heterocycles. The topological polar surface area (TPSA) is 84.1 Å². The smallest absolute Gasteiger partial charge is 0.322 e. The summed E-state index contributed by atoms with van der Waals surface area (Å²) < 4.78 is 1.89. The van der Waals surface area contributed by atoms with Gasteiger partial charge >= 0.3 is 5.97 Å². The van der Waals surface area contributed by atoms with Crippen molar-refractivity contribution in [3.8, 4) is 10.6 Å². The van der Waals surface area contributed by atoms with Crippen LogP contribution in [-0.4, -0.2) is 41.8 Å². The lowest BCUT2D eigenvalue weighted by atomic mass is 10.0. The predicted octanol–water partition coefficient (Wildman–Crippen LogP) is 3.30. The van der Waals surface area contributed by atoms with E-state index in [0.29, 0.717) is 25.6 Å². The first-order valence-electron chi connectivity index (χ1n) is 9.33. The van der Waals surface area contributed by atoms with E-state index in [2.05, 4.69) is 53.3 Å². The summed E-state index contributed by atoms with van der Waals surface area (Å²) in [5.41, 5.74) is 2.39. The molecule has 146 valence electrons. The van der Waals surface area contributed by atoms with Crippen molar-refractivity contribution >= 4 is 17.3 Å². The second kappa shape index (κ2) is 7.44. The lowest BCUT2D eigenvalue weighted by Gasteiger charge is -2.32. The molecule has 3 heterocycles. The number of benzene rings is 1. The number of nitrogens with zero attached hydrogens (tertiary/aromatic N) is 5. The minimum absolute atomic E-state index is 0.367. The van der Waals surface area contributed by atoms with Crippen LogP contribution < -0.4 is 0 Å². The van der Waals surface area contributed by atoms with E-state index in [9.17, 15) is 9.90 Å². The maximum absolute atomic E-state index is 11.8. The standard InChI is InChI=1S/C20H23N5O2S/c1-12(2)14-4-6-15(7-5-14)19-21-8-16(28-19)9-24-11-18-23-22-13(3)25(18)10-17(24)20(26)27/h4-8,12,17H,9-11H2,1-3H3,(H,26,27). The Bertz CT molecular complexity index is 992. The van der Waals surface area contributed by atoms with Gasteiger partial charge in [0.2, 0.25) is 0 Å². The van der Waals surface area contributed by atoms with Crippen LogP contribution >= 0.6 is 11.3 Å². The Morgan fingerprint density at radius 1 is 1.29 bits per heavy atom. The first-order valence-corrected chi connectivity index (χ1v) is 10.1. The Balaban J connectivity index is 1.53. The van der Waals surface area contributed by atoms with Crippen LogP contribution in [0.4, 0.5) is 0 Å². The van der Waals surface area contributed by atoms with Gasteiger partial charge in [0.25, 0.3) is 0 Å². The summed E-state index contributed by atoms with van der Waals surface area (Å²) >= 11 is 1.61. The molecule has 0 bridgehead atoms. The number of hydrogen-bond acceptors (Lipinski definition) is 6. The highest BCUT2D eigenvalue weighted by Gasteiger charge is 2.33. The quantitative estimate of drug-likeness (QED) is 0.711. The summed E-state index contributed by atoms with van der Waals surface area (Å²) in [6.45, 7) is 7.57. The van der Waals surface area contributed by atoms with Crippen LogP contribution in [0, 0.1) is 6.92 Å². The largest absolute Gasteiger partial charge is 0.480 e. The molecule has 4 rings (SSSR count). The minimum atomic E-state index is -0.826. The second-order valence-electron chi connectivity index (χ2n) is 7.44. The van der Waals surface area contributed by atoms with Gasteiger partial charge < -0.3 is 9.67 Å². The van der Waals surface area contributed by atoms with E-state index in [4.69, 9.17) is 0 Å². The normalized spacial score (nSPS) is 17.1. The molecule has 3 aromatic rings. The fourth-order valence-corrected chi connectivity index (χ4v) is 4.43. The van der Waals surface area contributed by atoms with Crippen molar-refractivity contribution < 1.29 is 9.90 Å². The number of fused-ring (bicyclic) bond motifs is 1. The fourth-order valence-electron chi connectivity index (χ4n) is 3.48. The third-order valence-electron chi connectivity index (χ3n) is 5.18. The molecule has 0 spiro atoms. The molecule has 7 nitrogen and oxygen atoms in total. The van der Waals surface area contributed by atoms with Gasteiger partial charge in [-0.05, 0) is 18.4 Å². The number of carbonyl (C=O) groups is 1. The summed E-state index contributed by atoms with van der Waals surface area (Å²) in [4.78, 5) is 19.3. The number of aliphatic carboxylic acids is 1.